The molecule has 4 heteroatoms. The van der Waals surface area contributed by atoms with Gasteiger partial charge in [0.25, 0.3) is 5.91 Å². The monoisotopic (exact) mass is 272 g/mol. The highest BCUT2D eigenvalue weighted by molar-refractivity contribution is 5.88. The van der Waals surface area contributed by atoms with E-state index in [0.29, 0.717) is 18.8 Å². The van der Waals surface area contributed by atoms with E-state index < -0.39 is 0 Å². The number of nitrogens with two attached hydrogens (primary N) is 1. The van der Waals surface area contributed by atoms with Crippen molar-refractivity contribution in [2.24, 2.45) is 5.73 Å². The Balaban J connectivity index is 2.15. The molecule has 2 rings (SSSR count). The van der Waals surface area contributed by atoms with Gasteiger partial charge in [0.05, 0.1) is 0 Å². The fraction of sp³-hybridized carbons (Fsp3) is 0.312. The number of nitrogens with one attached hydrogen (secondary N) is 1. The zero-order valence-electron chi connectivity index (χ0n) is 11.7. The molecule has 2 aromatic rings. The van der Waals surface area contributed by atoms with Crippen molar-refractivity contribution in [3.05, 3.63) is 42.0 Å². The maximum atomic E-state index is 11.6. The molecule has 0 aliphatic heterocycles. The van der Waals surface area contributed by atoms with Gasteiger partial charge in [0, 0.05) is 18.7 Å². The number of carbonyl (C=O) groups excluding carboxylic acids is 1. The normalized spacial score (nSPS) is 10.5. The summed E-state index contributed by atoms with van der Waals surface area (Å²) in [4.78, 5) is 11.6. The molecule has 0 aliphatic rings. The largest absolute Gasteiger partial charge is 0.483 e. The Morgan fingerprint density at radius 2 is 2.05 bits per heavy atom. The summed E-state index contributed by atoms with van der Waals surface area (Å²) >= 11 is 0. The van der Waals surface area contributed by atoms with Crippen LogP contribution in [0, 0.1) is 0 Å². The first kappa shape index (κ1) is 14.3. The molecule has 20 heavy (non-hydrogen) atoms. The van der Waals surface area contributed by atoms with Gasteiger partial charge in [-0.2, -0.15) is 0 Å². The van der Waals surface area contributed by atoms with Crippen molar-refractivity contribution in [2.45, 2.75) is 19.9 Å². The van der Waals surface area contributed by atoms with E-state index in [2.05, 4.69) is 5.32 Å². The van der Waals surface area contributed by atoms with Crippen LogP contribution >= 0.6 is 0 Å². The maximum absolute atomic E-state index is 11.6. The van der Waals surface area contributed by atoms with Crippen LogP contribution in [0.2, 0.25) is 0 Å². The number of hydrogen-bond acceptors (Lipinski definition) is 3. The van der Waals surface area contributed by atoms with Crippen molar-refractivity contribution >= 4 is 16.7 Å². The van der Waals surface area contributed by atoms with Gasteiger partial charge < -0.3 is 15.8 Å². The highest BCUT2D eigenvalue weighted by atomic mass is 16.5. The lowest BCUT2D eigenvalue weighted by molar-refractivity contribution is -0.123. The van der Waals surface area contributed by atoms with Crippen LogP contribution in [0.3, 0.4) is 0 Å². The van der Waals surface area contributed by atoms with E-state index in [1.165, 1.54) is 0 Å². The van der Waals surface area contributed by atoms with E-state index in [1.54, 1.807) is 0 Å². The third-order valence-corrected chi connectivity index (χ3v) is 3.13. The van der Waals surface area contributed by atoms with E-state index in [9.17, 15) is 4.79 Å². The molecule has 0 radical (unpaired) electrons. The molecule has 106 valence electrons. The summed E-state index contributed by atoms with van der Waals surface area (Å²) in [5.74, 6) is 0.570. The van der Waals surface area contributed by atoms with Crippen LogP contribution in [0.4, 0.5) is 0 Å². The first-order valence-corrected chi connectivity index (χ1v) is 6.86. The second-order valence-corrected chi connectivity index (χ2v) is 4.61. The Hall–Kier alpha value is -2.07. The zero-order chi connectivity index (χ0) is 14.4. The molecule has 0 saturated heterocycles. The summed E-state index contributed by atoms with van der Waals surface area (Å²) in [7, 11) is 0. The number of amides is 1. The predicted molar refractivity (Wildman–Crippen MR) is 80.6 cm³/mol. The molecule has 4 nitrogen and oxygen atoms in total. The van der Waals surface area contributed by atoms with E-state index in [-0.39, 0.29) is 12.5 Å². The van der Waals surface area contributed by atoms with Crippen LogP contribution in [0.25, 0.3) is 10.8 Å². The number of benzene rings is 2. The quantitative estimate of drug-likeness (QED) is 0.847. The van der Waals surface area contributed by atoms with Gasteiger partial charge in [-0.05, 0) is 23.3 Å². The number of fused-ring (bicyclic) bond motifs is 1. The average Bonchev–Trinajstić information content (AvgIpc) is 2.50. The van der Waals surface area contributed by atoms with Gasteiger partial charge in [0.1, 0.15) is 5.75 Å². The highest BCUT2D eigenvalue weighted by Gasteiger charge is 2.09. The van der Waals surface area contributed by atoms with E-state index in [4.69, 9.17) is 10.5 Å². The van der Waals surface area contributed by atoms with Crippen molar-refractivity contribution in [1.29, 1.82) is 0 Å². The Bertz CT molecular complexity index is 596. The number of carbonyl (C=O) groups is 1. The predicted octanol–water partition coefficient (Wildman–Crippen LogP) is 2.20. The summed E-state index contributed by atoms with van der Waals surface area (Å²) in [6.45, 7) is 3.08. The molecule has 1 amide bonds. The Labute approximate surface area is 118 Å². The molecule has 0 fully saturated rings. The van der Waals surface area contributed by atoms with Crippen LogP contribution in [0.15, 0.2) is 36.4 Å². The molecule has 0 heterocycles. The van der Waals surface area contributed by atoms with Crippen LogP contribution in [0.1, 0.15) is 18.9 Å². The van der Waals surface area contributed by atoms with Gasteiger partial charge in [-0.15, -0.1) is 0 Å². The van der Waals surface area contributed by atoms with Gasteiger partial charge >= 0.3 is 0 Å². The second kappa shape index (κ2) is 6.91. The molecular formula is C16H20N2O2. The van der Waals surface area contributed by atoms with E-state index in [0.717, 1.165) is 22.8 Å². The van der Waals surface area contributed by atoms with Crippen molar-refractivity contribution in [3.63, 3.8) is 0 Å². The zero-order valence-corrected chi connectivity index (χ0v) is 11.7. The van der Waals surface area contributed by atoms with Gasteiger partial charge in [-0.3, -0.25) is 4.79 Å². The summed E-state index contributed by atoms with van der Waals surface area (Å²) in [5.41, 5.74) is 6.76. The van der Waals surface area contributed by atoms with Crippen molar-refractivity contribution in [2.75, 3.05) is 13.2 Å². The summed E-state index contributed by atoms with van der Waals surface area (Å²) in [5, 5.41) is 4.97. The lowest BCUT2D eigenvalue weighted by Gasteiger charge is -2.13. The number of ether oxygens (including phenoxy) is 1. The Morgan fingerprint density at radius 1 is 1.25 bits per heavy atom. The fourth-order valence-electron chi connectivity index (χ4n) is 2.12. The Morgan fingerprint density at radius 3 is 2.80 bits per heavy atom. The van der Waals surface area contributed by atoms with Crippen LogP contribution < -0.4 is 15.8 Å². The van der Waals surface area contributed by atoms with Gasteiger partial charge in [0.2, 0.25) is 0 Å². The summed E-state index contributed by atoms with van der Waals surface area (Å²) < 4.78 is 5.60. The average molecular weight is 272 g/mol. The van der Waals surface area contributed by atoms with Gasteiger partial charge in [0.15, 0.2) is 6.61 Å². The minimum absolute atomic E-state index is 0.0192. The van der Waals surface area contributed by atoms with Crippen molar-refractivity contribution in [1.82, 2.24) is 5.32 Å². The minimum atomic E-state index is -0.108. The standard InChI is InChI=1S/C16H20N2O2/c1-2-9-18-16(19)11-20-15-8-7-12-5-3-4-6-13(12)14(15)10-17/h3-8H,2,9-11,17H2,1H3,(H,18,19). The fourth-order valence-corrected chi connectivity index (χ4v) is 2.12. The van der Waals surface area contributed by atoms with Gasteiger partial charge in [-0.25, -0.2) is 0 Å². The maximum Gasteiger partial charge on any atom is 0.257 e. The van der Waals surface area contributed by atoms with Crippen LogP contribution in [0.5, 0.6) is 5.75 Å². The lowest BCUT2D eigenvalue weighted by Crippen LogP contribution is -2.29. The molecule has 0 spiro atoms. The molecule has 0 saturated carbocycles. The minimum Gasteiger partial charge on any atom is -0.483 e. The first-order chi connectivity index (χ1) is 9.76. The molecule has 0 atom stereocenters. The molecule has 0 aliphatic carbocycles. The lowest BCUT2D eigenvalue weighted by atomic mass is 10.0. The smallest absolute Gasteiger partial charge is 0.257 e. The topological polar surface area (TPSA) is 64.3 Å². The second-order valence-electron chi connectivity index (χ2n) is 4.61. The first-order valence-electron chi connectivity index (χ1n) is 6.86. The van der Waals surface area contributed by atoms with Crippen molar-refractivity contribution < 1.29 is 9.53 Å². The SMILES string of the molecule is CCCNC(=O)COc1ccc2ccccc2c1CN. The van der Waals surface area contributed by atoms with Crippen molar-refractivity contribution in [3.8, 4) is 5.75 Å². The highest BCUT2D eigenvalue weighted by Crippen LogP contribution is 2.27. The molecule has 2 aromatic carbocycles. The van der Waals surface area contributed by atoms with E-state index >= 15 is 0 Å². The third kappa shape index (κ3) is 3.27. The van der Waals surface area contributed by atoms with Crippen LogP contribution in [-0.2, 0) is 11.3 Å². The molecule has 0 bridgehead atoms. The summed E-state index contributed by atoms with van der Waals surface area (Å²) in [6.07, 6.45) is 0.912. The number of hydrogen-bond donors (Lipinski definition) is 2. The molecule has 3 N–H and O–H groups in total. The summed E-state index contributed by atoms with van der Waals surface area (Å²) in [6, 6.07) is 11.9. The van der Waals surface area contributed by atoms with Crippen LogP contribution in [-0.4, -0.2) is 19.1 Å². The molecular weight excluding hydrogens is 252 g/mol. The molecule has 0 unspecified atom stereocenters. The number of rotatable bonds is 6. The Kier molecular flexibility index (Phi) is 4.96. The van der Waals surface area contributed by atoms with Gasteiger partial charge in [-0.1, -0.05) is 37.3 Å². The molecule has 0 aromatic heterocycles. The van der Waals surface area contributed by atoms with E-state index in [1.807, 2.05) is 43.3 Å². The third-order valence-electron chi connectivity index (χ3n) is 3.13.